The maximum atomic E-state index is 13.9. The minimum absolute atomic E-state index is 0.0747. The van der Waals surface area contributed by atoms with Crippen LogP contribution >= 0.6 is 0 Å². The number of esters is 1. The Morgan fingerprint density at radius 3 is 2.00 bits per heavy atom. The number of dihydropyridines is 1. The Balaban J connectivity index is 1.87. The van der Waals surface area contributed by atoms with Crippen molar-refractivity contribution < 1.29 is 38.0 Å². The highest BCUT2D eigenvalue weighted by atomic mass is 16.5. The predicted molar refractivity (Wildman–Crippen MR) is 140 cm³/mol. The van der Waals surface area contributed by atoms with E-state index in [0.29, 0.717) is 57.6 Å². The molecule has 0 radical (unpaired) electrons. The van der Waals surface area contributed by atoms with Crippen LogP contribution in [-0.4, -0.2) is 54.4 Å². The third-order valence-electron chi connectivity index (χ3n) is 7.16. The molecule has 0 spiro atoms. The summed E-state index contributed by atoms with van der Waals surface area (Å²) in [5.74, 6) is 1.21. The summed E-state index contributed by atoms with van der Waals surface area (Å²) in [5, 5.41) is 3.34. The van der Waals surface area contributed by atoms with Gasteiger partial charge in [0.15, 0.2) is 28.8 Å². The highest BCUT2D eigenvalue weighted by molar-refractivity contribution is 6.04. The lowest BCUT2D eigenvalue weighted by Crippen LogP contribution is -2.36. The Morgan fingerprint density at radius 2 is 1.39 bits per heavy atom. The number of rotatable bonds is 8. The molecule has 4 rings (SSSR count). The number of benzene rings is 2. The van der Waals surface area contributed by atoms with E-state index in [1.54, 1.807) is 33.3 Å². The Hall–Kier alpha value is -4.14. The van der Waals surface area contributed by atoms with Gasteiger partial charge in [0.25, 0.3) is 0 Å². The van der Waals surface area contributed by atoms with Crippen molar-refractivity contribution >= 4 is 11.8 Å². The van der Waals surface area contributed by atoms with Gasteiger partial charge >= 0.3 is 5.97 Å². The maximum Gasteiger partial charge on any atom is 0.336 e. The standard InChI is InChI=1S/C29H33NO8/c1-15-26(29(32)38-7)27(18-13-24(36-5)25(37-6)14-22(18)34-3)28-19(30-15)10-17(11-20(28)31)16-8-9-21(33-2)23(12-16)35-4/h8-9,12-14,17,27,30H,10-11H2,1-7H3/t17-,27+/m0/s1. The SMILES string of the molecule is COC(=O)C1=C(C)NC2=C(C(=O)C[C@@H](c3ccc(OC)c(OC)c3)C2)[C@@H]1c1cc(OC)c(OC)cc1OC. The number of Topliss-reactive ketones (excluding diaryl/α,β-unsaturated/α-hetero) is 1. The largest absolute Gasteiger partial charge is 0.496 e. The van der Waals surface area contributed by atoms with E-state index >= 15 is 0 Å². The van der Waals surface area contributed by atoms with Gasteiger partial charge in [0.1, 0.15) is 5.75 Å². The first-order chi connectivity index (χ1) is 18.3. The first-order valence-electron chi connectivity index (χ1n) is 12.2. The van der Waals surface area contributed by atoms with Crippen molar-refractivity contribution in [3.63, 3.8) is 0 Å². The van der Waals surface area contributed by atoms with Gasteiger partial charge in [-0.05, 0) is 43.0 Å². The van der Waals surface area contributed by atoms with E-state index in [1.165, 1.54) is 28.4 Å². The topological polar surface area (TPSA) is 102 Å². The molecular weight excluding hydrogens is 490 g/mol. The summed E-state index contributed by atoms with van der Waals surface area (Å²) in [6.45, 7) is 1.81. The van der Waals surface area contributed by atoms with Crippen LogP contribution in [0.2, 0.25) is 0 Å². The smallest absolute Gasteiger partial charge is 0.336 e. The maximum absolute atomic E-state index is 13.9. The van der Waals surface area contributed by atoms with E-state index in [0.717, 1.165) is 11.3 Å². The average Bonchev–Trinajstić information content (AvgIpc) is 2.94. The van der Waals surface area contributed by atoms with Gasteiger partial charge in [-0.25, -0.2) is 4.79 Å². The third-order valence-corrected chi connectivity index (χ3v) is 7.16. The molecule has 38 heavy (non-hydrogen) atoms. The van der Waals surface area contributed by atoms with Gasteiger partial charge in [0, 0.05) is 35.0 Å². The molecule has 202 valence electrons. The Labute approximate surface area is 222 Å². The molecule has 9 heteroatoms. The zero-order valence-corrected chi connectivity index (χ0v) is 22.7. The van der Waals surface area contributed by atoms with Crippen molar-refractivity contribution in [3.05, 3.63) is 64.0 Å². The van der Waals surface area contributed by atoms with Gasteiger partial charge in [0.2, 0.25) is 0 Å². The van der Waals surface area contributed by atoms with Crippen LogP contribution in [0.5, 0.6) is 28.7 Å². The molecule has 2 aliphatic rings. The minimum atomic E-state index is -0.715. The molecule has 0 fully saturated rings. The van der Waals surface area contributed by atoms with Gasteiger partial charge in [-0.15, -0.1) is 0 Å². The van der Waals surface area contributed by atoms with Gasteiger partial charge in [-0.2, -0.15) is 0 Å². The molecule has 0 aromatic heterocycles. The molecular formula is C29H33NO8. The number of methoxy groups -OCH3 is 6. The molecule has 0 unspecified atom stereocenters. The number of hydrogen-bond acceptors (Lipinski definition) is 9. The van der Waals surface area contributed by atoms with Crippen molar-refractivity contribution in [1.82, 2.24) is 5.32 Å². The molecule has 1 N–H and O–H groups in total. The van der Waals surface area contributed by atoms with Crippen LogP contribution in [-0.2, 0) is 14.3 Å². The summed E-state index contributed by atoms with van der Waals surface area (Å²) in [4.78, 5) is 26.9. The monoisotopic (exact) mass is 523 g/mol. The van der Waals surface area contributed by atoms with Gasteiger partial charge in [-0.1, -0.05) is 6.07 Å². The lowest BCUT2D eigenvalue weighted by Gasteiger charge is -2.37. The molecule has 0 amide bonds. The molecule has 2 aromatic carbocycles. The molecule has 1 heterocycles. The Morgan fingerprint density at radius 1 is 0.789 bits per heavy atom. The highest BCUT2D eigenvalue weighted by Gasteiger charge is 2.43. The zero-order valence-electron chi connectivity index (χ0n) is 22.7. The first kappa shape index (κ1) is 26.9. The quantitative estimate of drug-likeness (QED) is 0.509. The fraction of sp³-hybridized carbons (Fsp3) is 0.379. The molecule has 2 aromatic rings. The fourth-order valence-electron chi connectivity index (χ4n) is 5.35. The van der Waals surface area contributed by atoms with Crippen LogP contribution in [0.25, 0.3) is 0 Å². The summed E-state index contributed by atoms with van der Waals surface area (Å²) in [7, 11) is 9.09. The van der Waals surface area contributed by atoms with E-state index in [9.17, 15) is 9.59 Å². The van der Waals surface area contributed by atoms with Crippen molar-refractivity contribution in [2.75, 3.05) is 42.7 Å². The number of ketones is 1. The molecule has 0 saturated carbocycles. The molecule has 1 aliphatic heterocycles. The molecule has 0 saturated heterocycles. The van der Waals surface area contributed by atoms with Crippen LogP contribution in [0.15, 0.2) is 52.9 Å². The van der Waals surface area contributed by atoms with E-state index in [4.69, 9.17) is 28.4 Å². The molecule has 2 atom stereocenters. The fourth-order valence-corrected chi connectivity index (χ4v) is 5.35. The number of allylic oxidation sites excluding steroid dienone is 3. The second-order valence-corrected chi connectivity index (χ2v) is 9.07. The number of carbonyl (C=O) groups excluding carboxylic acids is 2. The van der Waals surface area contributed by atoms with Crippen molar-refractivity contribution in [3.8, 4) is 28.7 Å². The predicted octanol–water partition coefficient (Wildman–Crippen LogP) is 4.26. The van der Waals surface area contributed by atoms with E-state index < -0.39 is 11.9 Å². The number of hydrogen-bond donors (Lipinski definition) is 1. The lowest BCUT2D eigenvalue weighted by atomic mass is 9.71. The minimum Gasteiger partial charge on any atom is -0.496 e. The molecule has 9 nitrogen and oxygen atoms in total. The normalized spacial score (nSPS) is 18.9. The first-order valence-corrected chi connectivity index (χ1v) is 12.2. The van der Waals surface area contributed by atoms with E-state index in [2.05, 4.69) is 5.32 Å². The zero-order chi connectivity index (χ0) is 27.6. The summed E-state index contributed by atoms with van der Waals surface area (Å²) in [5.41, 5.74) is 3.79. The summed E-state index contributed by atoms with van der Waals surface area (Å²) < 4.78 is 32.7. The van der Waals surface area contributed by atoms with Gasteiger partial charge < -0.3 is 33.7 Å². The van der Waals surface area contributed by atoms with Crippen LogP contribution in [0, 0.1) is 0 Å². The Kier molecular flexibility index (Phi) is 7.85. The van der Waals surface area contributed by atoms with Crippen molar-refractivity contribution in [2.45, 2.75) is 31.6 Å². The van der Waals surface area contributed by atoms with Gasteiger partial charge in [-0.3, -0.25) is 4.79 Å². The van der Waals surface area contributed by atoms with Crippen LogP contribution in [0.1, 0.15) is 42.7 Å². The third kappa shape index (κ3) is 4.64. The van der Waals surface area contributed by atoms with Gasteiger partial charge in [0.05, 0.1) is 54.1 Å². The second-order valence-electron chi connectivity index (χ2n) is 9.07. The highest BCUT2D eigenvalue weighted by Crippen LogP contribution is 2.50. The number of ether oxygens (including phenoxy) is 6. The van der Waals surface area contributed by atoms with Crippen LogP contribution in [0.4, 0.5) is 0 Å². The molecule has 0 bridgehead atoms. The number of nitrogens with one attached hydrogen (secondary N) is 1. The van der Waals surface area contributed by atoms with Crippen LogP contribution < -0.4 is 29.0 Å². The average molecular weight is 524 g/mol. The van der Waals surface area contributed by atoms with E-state index in [1.807, 2.05) is 18.2 Å². The van der Waals surface area contributed by atoms with Crippen molar-refractivity contribution in [2.24, 2.45) is 0 Å². The second kappa shape index (κ2) is 11.1. The van der Waals surface area contributed by atoms with Crippen molar-refractivity contribution in [1.29, 1.82) is 0 Å². The summed E-state index contributed by atoms with van der Waals surface area (Å²) in [6, 6.07) is 9.14. The molecule has 1 aliphatic carbocycles. The van der Waals surface area contributed by atoms with Crippen LogP contribution in [0.3, 0.4) is 0 Å². The summed E-state index contributed by atoms with van der Waals surface area (Å²) in [6.07, 6.45) is 0.823. The summed E-state index contributed by atoms with van der Waals surface area (Å²) >= 11 is 0. The van der Waals surface area contributed by atoms with E-state index in [-0.39, 0.29) is 18.1 Å². The Bertz CT molecular complexity index is 1330. The number of carbonyl (C=O) groups is 2. The lowest BCUT2D eigenvalue weighted by molar-refractivity contribution is -0.136.